The first kappa shape index (κ1) is 13.8. The number of rotatable bonds is 3. The highest BCUT2D eigenvalue weighted by molar-refractivity contribution is 7.89. The predicted octanol–water partition coefficient (Wildman–Crippen LogP) is 2.71. The molecule has 0 N–H and O–H groups in total. The molecule has 0 aliphatic carbocycles. The van der Waals surface area contributed by atoms with E-state index in [0.717, 1.165) is 12.8 Å². The highest BCUT2D eigenvalue weighted by atomic mass is 35.5. The van der Waals surface area contributed by atoms with E-state index in [-0.39, 0.29) is 5.38 Å². The molecule has 1 fully saturated rings. The molecule has 1 aromatic rings. The van der Waals surface area contributed by atoms with Gasteiger partial charge in [-0.2, -0.15) is 4.31 Å². The Morgan fingerprint density at radius 2 is 1.78 bits per heavy atom. The third kappa shape index (κ3) is 2.87. The van der Waals surface area contributed by atoms with Gasteiger partial charge in [0.15, 0.2) is 0 Å². The lowest BCUT2D eigenvalue weighted by atomic mass is 9.95. The zero-order chi connectivity index (χ0) is 13.2. The van der Waals surface area contributed by atoms with Crippen LogP contribution in [-0.2, 0) is 10.0 Å². The lowest BCUT2D eigenvalue weighted by Gasteiger charge is -2.32. The molecule has 0 bridgehead atoms. The van der Waals surface area contributed by atoms with Crippen LogP contribution in [0.3, 0.4) is 0 Å². The Morgan fingerprint density at radius 3 is 2.28 bits per heavy atom. The second-order valence-corrected chi connectivity index (χ2v) is 7.36. The minimum atomic E-state index is -3.32. The van der Waals surface area contributed by atoms with Gasteiger partial charge in [0.25, 0.3) is 0 Å². The molecule has 0 spiro atoms. The Hall–Kier alpha value is -0.580. The average molecular weight is 288 g/mol. The van der Waals surface area contributed by atoms with Gasteiger partial charge in [0.2, 0.25) is 10.0 Å². The molecule has 1 heterocycles. The third-order valence-electron chi connectivity index (χ3n) is 3.53. The summed E-state index contributed by atoms with van der Waals surface area (Å²) in [6, 6.07) is 8.61. The van der Waals surface area contributed by atoms with E-state index in [2.05, 4.69) is 0 Å². The van der Waals surface area contributed by atoms with Crippen molar-refractivity contribution in [1.29, 1.82) is 0 Å². The first-order valence-electron chi connectivity index (χ1n) is 6.21. The molecule has 18 heavy (non-hydrogen) atoms. The predicted molar refractivity (Wildman–Crippen MR) is 73.2 cm³/mol. The van der Waals surface area contributed by atoms with Crippen LogP contribution in [0.2, 0.25) is 0 Å². The fourth-order valence-electron chi connectivity index (χ4n) is 2.32. The van der Waals surface area contributed by atoms with Crippen LogP contribution in [0.25, 0.3) is 0 Å². The molecule has 0 radical (unpaired) electrons. The Labute approximate surface area is 114 Å². The maximum Gasteiger partial charge on any atom is 0.243 e. The minimum Gasteiger partial charge on any atom is -0.207 e. The number of hydrogen-bond acceptors (Lipinski definition) is 2. The molecule has 0 saturated carbocycles. The quantitative estimate of drug-likeness (QED) is 0.802. The van der Waals surface area contributed by atoms with Crippen LogP contribution in [0.1, 0.15) is 19.8 Å². The van der Waals surface area contributed by atoms with Crippen molar-refractivity contribution in [2.24, 2.45) is 5.92 Å². The van der Waals surface area contributed by atoms with Crippen LogP contribution in [0.5, 0.6) is 0 Å². The van der Waals surface area contributed by atoms with Crippen LogP contribution in [-0.4, -0.2) is 31.2 Å². The molecular formula is C13H18ClNO2S. The largest absolute Gasteiger partial charge is 0.243 e. The van der Waals surface area contributed by atoms with Crippen molar-refractivity contribution in [3.05, 3.63) is 30.3 Å². The first-order chi connectivity index (χ1) is 8.51. The van der Waals surface area contributed by atoms with Gasteiger partial charge >= 0.3 is 0 Å². The average Bonchev–Trinajstić information content (AvgIpc) is 2.40. The van der Waals surface area contributed by atoms with Gasteiger partial charge in [0.05, 0.1) is 4.90 Å². The van der Waals surface area contributed by atoms with E-state index in [1.807, 2.05) is 13.0 Å². The van der Waals surface area contributed by atoms with E-state index in [1.54, 1.807) is 28.6 Å². The van der Waals surface area contributed by atoms with Crippen LogP contribution >= 0.6 is 11.6 Å². The summed E-state index contributed by atoms with van der Waals surface area (Å²) in [6.07, 6.45) is 1.69. The summed E-state index contributed by atoms with van der Waals surface area (Å²) in [5.41, 5.74) is 0. The van der Waals surface area contributed by atoms with Crippen LogP contribution < -0.4 is 0 Å². The smallest absolute Gasteiger partial charge is 0.207 e. The molecular weight excluding hydrogens is 270 g/mol. The zero-order valence-electron chi connectivity index (χ0n) is 10.4. The number of nitrogens with zero attached hydrogens (tertiary/aromatic N) is 1. The Kier molecular flexibility index (Phi) is 4.30. The van der Waals surface area contributed by atoms with Gasteiger partial charge < -0.3 is 0 Å². The summed E-state index contributed by atoms with van der Waals surface area (Å²) in [6.45, 7) is 3.12. The Bertz CT molecular complexity index is 479. The lowest BCUT2D eigenvalue weighted by molar-refractivity contribution is 0.271. The van der Waals surface area contributed by atoms with Gasteiger partial charge in [-0.05, 0) is 37.8 Å². The van der Waals surface area contributed by atoms with E-state index in [0.29, 0.717) is 23.9 Å². The second-order valence-electron chi connectivity index (χ2n) is 4.73. The Morgan fingerprint density at radius 1 is 1.22 bits per heavy atom. The van der Waals surface area contributed by atoms with Crippen LogP contribution in [0.15, 0.2) is 35.2 Å². The number of halogens is 1. The molecule has 1 aromatic carbocycles. The Balaban J connectivity index is 2.10. The zero-order valence-corrected chi connectivity index (χ0v) is 12.0. The van der Waals surface area contributed by atoms with Crippen molar-refractivity contribution >= 4 is 21.6 Å². The fraction of sp³-hybridized carbons (Fsp3) is 0.538. The van der Waals surface area contributed by atoms with Crippen molar-refractivity contribution < 1.29 is 8.42 Å². The summed E-state index contributed by atoms with van der Waals surface area (Å²) in [5, 5.41) is 0.117. The summed E-state index contributed by atoms with van der Waals surface area (Å²) in [7, 11) is -3.32. The SMILES string of the molecule is CC(Cl)C1CCN(S(=O)(=O)c2ccccc2)CC1. The maximum atomic E-state index is 12.4. The highest BCUT2D eigenvalue weighted by Gasteiger charge is 2.30. The van der Waals surface area contributed by atoms with E-state index in [1.165, 1.54) is 0 Å². The van der Waals surface area contributed by atoms with Crippen molar-refractivity contribution in [1.82, 2.24) is 4.31 Å². The fourth-order valence-corrected chi connectivity index (χ4v) is 4.06. The molecule has 0 amide bonds. The van der Waals surface area contributed by atoms with E-state index >= 15 is 0 Å². The molecule has 0 aromatic heterocycles. The topological polar surface area (TPSA) is 37.4 Å². The molecule has 5 heteroatoms. The monoisotopic (exact) mass is 287 g/mol. The van der Waals surface area contributed by atoms with Gasteiger partial charge in [-0.1, -0.05) is 18.2 Å². The number of hydrogen-bond donors (Lipinski definition) is 0. The molecule has 1 saturated heterocycles. The molecule has 1 aliphatic heterocycles. The summed E-state index contributed by atoms with van der Waals surface area (Å²) >= 11 is 6.07. The van der Waals surface area contributed by atoms with Gasteiger partial charge in [-0.3, -0.25) is 0 Å². The third-order valence-corrected chi connectivity index (χ3v) is 5.80. The van der Waals surface area contributed by atoms with Gasteiger partial charge in [-0.25, -0.2) is 8.42 Å². The number of benzene rings is 1. The van der Waals surface area contributed by atoms with Gasteiger partial charge in [-0.15, -0.1) is 11.6 Å². The van der Waals surface area contributed by atoms with Crippen molar-refractivity contribution in [2.75, 3.05) is 13.1 Å². The number of piperidine rings is 1. The summed E-state index contributed by atoms with van der Waals surface area (Å²) in [5.74, 6) is 0.425. The number of alkyl halides is 1. The van der Waals surface area contributed by atoms with E-state index in [4.69, 9.17) is 11.6 Å². The molecule has 1 atom stereocenters. The van der Waals surface area contributed by atoms with Gasteiger partial charge in [0.1, 0.15) is 0 Å². The van der Waals surface area contributed by atoms with Crippen molar-refractivity contribution in [3.63, 3.8) is 0 Å². The highest BCUT2D eigenvalue weighted by Crippen LogP contribution is 2.27. The molecule has 100 valence electrons. The maximum absolute atomic E-state index is 12.4. The normalized spacial score (nSPS) is 20.8. The van der Waals surface area contributed by atoms with E-state index < -0.39 is 10.0 Å². The summed E-state index contributed by atoms with van der Waals surface area (Å²) < 4.78 is 26.3. The van der Waals surface area contributed by atoms with Crippen LogP contribution in [0, 0.1) is 5.92 Å². The molecule has 1 unspecified atom stereocenters. The van der Waals surface area contributed by atoms with Crippen molar-refractivity contribution in [2.45, 2.75) is 30.0 Å². The molecule has 2 rings (SSSR count). The van der Waals surface area contributed by atoms with Crippen LogP contribution in [0.4, 0.5) is 0 Å². The van der Waals surface area contributed by atoms with Crippen molar-refractivity contribution in [3.8, 4) is 0 Å². The van der Waals surface area contributed by atoms with Gasteiger partial charge in [0, 0.05) is 18.5 Å². The first-order valence-corrected chi connectivity index (χ1v) is 8.09. The van der Waals surface area contributed by atoms with E-state index in [9.17, 15) is 8.42 Å². The standard InChI is InChI=1S/C13H18ClNO2S/c1-11(14)12-7-9-15(10-8-12)18(16,17)13-5-3-2-4-6-13/h2-6,11-12H,7-10H2,1H3. The summed E-state index contributed by atoms with van der Waals surface area (Å²) in [4.78, 5) is 0.377. The molecule has 1 aliphatic rings. The lowest BCUT2D eigenvalue weighted by Crippen LogP contribution is -2.39. The number of sulfonamides is 1. The molecule has 3 nitrogen and oxygen atoms in total. The minimum absolute atomic E-state index is 0.117. The second kappa shape index (κ2) is 5.59.